The van der Waals surface area contributed by atoms with Gasteiger partial charge < -0.3 is 10.1 Å². The Bertz CT molecular complexity index is 634. The van der Waals surface area contributed by atoms with Crippen LogP contribution in [-0.4, -0.2) is 24.8 Å². The summed E-state index contributed by atoms with van der Waals surface area (Å²) >= 11 is 7.66. The molecule has 22 heavy (non-hydrogen) atoms. The number of nitrogens with one attached hydrogen (secondary N) is 1. The van der Waals surface area contributed by atoms with Gasteiger partial charge in [-0.3, -0.25) is 4.79 Å². The van der Waals surface area contributed by atoms with Crippen LogP contribution in [-0.2, 0) is 0 Å². The van der Waals surface area contributed by atoms with E-state index in [2.05, 4.69) is 12.2 Å². The molecule has 0 aliphatic rings. The zero-order valence-electron chi connectivity index (χ0n) is 12.3. The lowest BCUT2D eigenvalue weighted by molar-refractivity contribution is 0.0944. The second-order valence-corrected chi connectivity index (χ2v) is 6.18. The van der Waals surface area contributed by atoms with Gasteiger partial charge >= 0.3 is 0 Å². The molecule has 1 amide bonds. The minimum Gasteiger partial charge on any atom is -0.490 e. The molecule has 1 N–H and O–H groups in total. The van der Waals surface area contributed by atoms with Crippen molar-refractivity contribution in [3.8, 4) is 5.75 Å². The van der Waals surface area contributed by atoms with E-state index < -0.39 is 0 Å². The van der Waals surface area contributed by atoms with Crippen LogP contribution in [0.3, 0.4) is 0 Å². The van der Waals surface area contributed by atoms with Gasteiger partial charge in [0.15, 0.2) is 0 Å². The number of hydrogen-bond donors (Lipinski definition) is 1. The van der Waals surface area contributed by atoms with E-state index >= 15 is 0 Å². The molecule has 116 valence electrons. The van der Waals surface area contributed by atoms with Crippen molar-refractivity contribution in [1.29, 1.82) is 0 Å². The maximum atomic E-state index is 12.2. The Morgan fingerprint density at radius 1 is 1.18 bits per heavy atom. The largest absolute Gasteiger partial charge is 0.490 e. The van der Waals surface area contributed by atoms with Crippen LogP contribution in [0.15, 0.2) is 53.4 Å². The molecule has 0 saturated heterocycles. The van der Waals surface area contributed by atoms with Gasteiger partial charge in [0.1, 0.15) is 12.4 Å². The van der Waals surface area contributed by atoms with E-state index in [4.69, 9.17) is 16.3 Å². The molecular formula is C17H18ClNO2S. The number of para-hydroxylation sites is 1. The maximum Gasteiger partial charge on any atom is 0.252 e. The second-order valence-electron chi connectivity index (χ2n) is 4.46. The molecule has 2 aromatic carbocycles. The first-order chi connectivity index (χ1) is 10.7. The van der Waals surface area contributed by atoms with Crippen LogP contribution in [0.4, 0.5) is 0 Å². The Hall–Kier alpha value is -1.65. The van der Waals surface area contributed by atoms with E-state index in [1.54, 1.807) is 23.9 Å². The van der Waals surface area contributed by atoms with E-state index in [1.165, 1.54) is 0 Å². The molecule has 0 bridgehead atoms. The first-order valence-corrected chi connectivity index (χ1v) is 8.46. The van der Waals surface area contributed by atoms with Crippen molar-refractivity contribution in [2.45, 2.75) is 11.8 Å². The van der Waals surface area contributed by atoms with Crippen molar-refractivity contribution in [2.24, 2.45) is 0 Å². The van der Waals surface area contributed by atoms with Gasteiger partial charge in [0.05, 0.1) is 17.1 Å². The van der Waals surface area contributed by atoms with Crippen LogP contribution in [0.5, 0.6) is 5.75 Å². The summed E-state index contributed by atoms with van der Waals surface area (Å²) in [4.78, 5) is 13.2. The average Bonchev–Trinajstić information content (AvgIpc) is 2.54. The fraction of sp³-hybridized carbons (Fsp3) is 0.235. The van der Waals surface area contributed by atoms with Gasteiger partial charge in [-0.25, -0.2) is 0 Å². The Balaban J connectivity index is 1.85. The molecule has 5 heteroatoms. The highest BCUT2D eigenvalue weighted by Gasteiger charge is 2.10. The normalized spacial score (nSPS) is 10.3. The lowest BCUT2D eigenvalue weighted by Crippen LogP contribution is -2.28. The molecule has 0 fully saturated rings. The highest BCUT2D eigenvalue weighted by Crippen LogP contribution is 2.23. The molecule has 2 aromatic rings. The number of thioether (sulfide) groups is 1. The van der Waals surface area contributed by atoms with Gasteiger partial charge in [-0.1, -0.05) is 42.8 Å². The van der Waals surface area contributed by atoms with Gasteiger partial charge in [-0.2, -0.15) is 0 Å². The van der Waals surface area contributed by atoms with E-state index in [1.807, 2.05) is 36.4 Å². The average molecular weight is 336 g/mol. The lowest BCUT2D eigenvalue weighted by Gasteiger charge is -2.10. The quantitative estimate of drug-likeness (QED) is 0.607. The highest BCUT2D eigenvalue weighted by molar-refractivity contribution is 7.99. The molecule has 0 aliphatic heterocycles. The SMILES string of the molecule is CCSc1ccccc1C(=O)NCCOc1ccccc1Cl. The van der Waals surface area contributed by atoms with E-state index in [0.717, 1.165) is 10.6 Å². The second kappa shape index (κ2) is 8.71. The zero-order chi connectivity index (χ0) is 15.8. The number of rotatable bonds is 7. The maximum absolute atomic E-state index is 12.2. The molecule has 0 atom stereocenters. The molecule has 0 aliphatic carbocycles. The number of halogens is 1. The van der Waals surface area contributed by atoms with Crippen molar-refractivity contribution in [3.63, 3.8) is 0 Å². The summed E-state index contributed by atoms with van der Waals surface area (Å²) in [5.41, 5.74) is 0.701. The summed E-state index contributed by atoms with van der Waals surface area (Å²) < 4.78 is 5.55. The summed E-state index contributed by atoms with van der Waals surface area (Å²) in [6.07, 6.45) is 0. The Kier molecular flexibility index (Phi) is 6.62. The minimum absolute atomic E-state index is 0.0840. The summed E-state index contributed by atoms with van der Waals surface area (Å²) in [6, 6.07) is 14.9. The van der Waals surface area contributed by atoms with Gasteiger partial charge in [0.25, 0.3) is 5.91 Å². The van der Waals surface area contributed by atoms with Gasteiger partial charge in [-0.15, -0.1) is 11.8 Å². The smallest absolute Gasteiger partial charge is 0.252 e. The lowest BCUT2D eigenvalue weighted by atomic mass is 10.2. The van der Waals surface area contributed by atoms with Crippen molar-refractivity contribution < 1.29 is 9.53 Å². The first-order valence-electron chi connectivity index (χ1n) is 7.09. The predicted octanol–water partition coefficient (Wildman–Crippen LogP) is 4.26. The minimum atomic E-state index is -0.0840. The highest BCUT2D eigenvalue weighted by atomic mass is 35.5. The standard InChI is InChI=1S/C17H18ClNO2S/c1-2-22-16-10-6-3-7-13(16)17(20)19-11-12-21-15-9-5-4-8-14(15)18/h3-10H,2,11-12H2,1H3,(H,19,20). The molecule has 0 unspecified atom stereocenters. The van der Waals surface area contributed by atoms with Crippen molar-refractivity contribution in [1.82, 2.24) is 5.32 Å². The van der Waals surface area contributed by atoms with Gasteiger partial charge in [0.2, 0.25) is 0 Å². The predicted molar refractivity (Wildman–Crippen MR) is 92.1 cm³/mol. The van der Waals surface area contributed by atoms with Crippen molar-refractivity contribution >= 4 is 29.3 Å². The van der Waals surface area contributed by atoms with Crippen molar-refractivity contribution in [2.75, 3.05) is 18.9 Å². The van der Waals surface area contributed by atoms with Crippen LogP contribution in [0, 0.1) is 0 Å². The van der Waals surface area contributed by atoms with Gasteiger partial charge in [0, 0.05) is 4.90 Å². The van der Waals surface area contributed by atoms with Gasteiger partial charge in [-0.05, 0) is 30.0 Å². The zero-order valence-corrected chi connectivity index (χ0v) is 13.9. The number of hydrogen-bond acceptors (Lipinski definition) is 3. The monoisotopic (exact) mass is 335 g/mol. The van der Waals surface area contributed by atoms with Crippen molar-refractivity contribution in [3.05, 3.63) is 59.1 Å². The molecule has 0 radical (unpaired) electrons. The Morgan fingerprint density at radius 3 is 2.68 bits per heavy atom. The van der Waals surface area contributed by atoms with E-state index in [0.29, 0.717) is 29.5 Å². The third-order valence-electron chi connectivity index (χ3n) is 2.91. The molecule has 0 saturated carbocycles. The van der Waals surface area contributed by atoms with Crippen LogP contribution < -0.4 is 10.1 Å². The summed E-state index contributed by atoms with van der Waals surface area (Å²) in [6.45, 7) is 2.87. The third kappa shape index (κ3) is 4.68. The summed E-state index contributed by atoms with van der Waals surface area (Å²) in [5.74, 6) is 1.47. The molecule has 3 nitrogen and oxygen atoms in total. The van der Waals surface area contributed by atoms with E-state index in [-0.39, 0.29) is 5.91 Å². The number of amides is 1. The molecular weight excluding hydrogens is 318 g/mol. The van der Waals surface area contributed by atoms with Crippen LogP contribution in [0.1, 0.15) is 17.3 Å². The van der Waals surface area contributed by atoms with Crippen LogP contribution in [0.2, 0.25) is 5.02 Å². The molecule has 0 heterocycles. The van der Waals surface area contributed by atoms with E-state index in [9.17, 15) is 4.79 Å². The number of carbonyl (C=O) groups is 1. The Morgan fingerprint density at radius 2 is 1.91 bits per heavy atom. The molecule has 2 rings (SSSR count). The summed E-state index contributed by atoms with van der Waals surface area (Å²) in [7, 11) is 0. The summed E-state index contributed by atoms with van der Waals surface area (Å²) in [5, 5.41) is 3.44. The fourth-order valence-corrected chi connectivity index (χ4v) is 2.91. The first kappa shape index (κ1) is 16.7. The number of carbonyl (C=O) groups excluding carboxylic acids is 1. The molecule has 0 spiro atoms. The Labute approximate surface area is 140 Å². The van der Waals surface area contributed by atoms with Crippen LogP contribution in [0.25, 0.3) is 0 Å². The third-order valence-corrected chi connectivity index (χ3v) is 4.18. The topological polar surface area (TPSA) is 38.3 Å². The fourth-order valence-electron chi connectivity index (χ4n) is 1.92. The molecule has 0 aromatic heterocycles. The number of ether oxygens (including phenoxy) is 1. The van der Waals surface area contributed by atoms with Crippen LogP contribution >= 0.6 is 23.4 Å². The number of benzene rings is 2.